The van der Waals surface area contributed by atoms with Crippen molar-refractivity contribution in [2.24, 2.45) is 0 Å². The van der Waals surface area contributed by atoms with Crippen LogP contribution in [0.15, 0.2) is 36.9 Å². The SMILES string of the molecule is OB(O)c1ccc(-n2ccnc2)cc1C1CC1. The van der Waals surface area contributed by atoms with Gasteiger partial charge in [-0.1, -0.05) is 6.07 Å². The van der Waals surface area contributed by atoms with Gasteiger partial charge >= 0.3 is 7.12 Å². The highest BCUT2D eigenvalue weighted by molar-refractivity contribution is 6.59. The third kappa shape index (κ3) is 1.99. The molecule has 0 atom stereocenters. The zero-order chi connectivity index (χ0) is 11.8. The van der Waals surface area contributed by atoms with Crippen LogP contribution < -0.4 is 5.46 Å². The maximum absolute atomic E-state index is 9.34. The molecule has 0 unspecified atom stereocenters. The van der Waals surface area contributed by atoms with Gasteiger partial charge in [0.1, 0.15) is 0 Å². The molecule has 1 aliphatic carbocycles. The summed E-state index contributed by atoms with van der Waals surface area (Å²) in [6, 6.07) is 5.68. The quantitative estimate of drug-likeness (QED) is 0.749. The third-order valence-electron chi connectivity index (χ3n) is 3.17. The summed E-state index contributed by atoms with van der Waals surface area (Å²) in [4.78, 5) is 4.01. The standard InChI is InChI=1S/C12H13BN2O2/c16-13(17)12-4-3-10(15-6-5-14-8-15)7-11(12)9-1-2-9/h3-9,16-17H,1-2H2. The summed E-state index contributed by atoms with van der Waals surface area (Å²) in [5, 5.41) is 18.7. The Morgan fingerprint density at radius 3 is 2.71 bits per heavy atom. The van der Waals surface area contributed by atoms with E-state index in [9.17, 15) is 10.0 Å². The van der Waals surface area contributed by atoms with Gasteiger partial charge in [-0.15, -0.1) is 0 Å². The smallest absolute Gasteiger partial charge is 0.423 e. The van der Waals surface area contributed by atoms with Crippen molar-refractivity contribution in [3.05, 3.63) is 42.5 Å². The van der Waals surface area contributed by atoms with Crippen molar-refractivity contribution in [1.29, 1.82) is 0 Å². The van der Waals surface area contributed by atoms with Crippen molar-refractivity contribution in [2.75, 3.05) is 0 Å². The van der Waals surface area contributed by atoms with Crippen LogP contribution in [0.2, 0.25) is 0 Å². The Bertz CT molecular complexity index is 521. The average Bonchev–Trinajstić information content (AvgIpc) is 3.03. The molecule has 1 aromatic heterocycles. The molecule has 2 aromatic rings. The first kappa shape index (κ1) is 10.6. The van der Waals surface area contributed by atoms with Crippen LogP contribution in [0.1, 0.15) is 24.3 Å². The number of benzene rings is 1. The van der Waals surface area contributed by atoms with Gasteiger partial charge in [-0.25, -0.2) is 4.98 Å². The molecule has 0 aliphatic heterocycles. The Labute approximate surface area is 99.7 Å². The predicted octanol–water partition coefficient (Wildman–Crippen LogP) is 0.429. The van der Waals surface area contributed by atoms with Crippen LogP contribution in [0.25, 0.3) is 5.69 Å². The maximum Gasteiger partial charge on any atom is 0.488 e. The summed E-state index contributed by atoms with van der Waals surface area (Å²) in [5.74, 6) is 0.482. The Morgan fingerprint density at radius 1 is 1.29 bits per heavy atom. The molecule has 1 aromatic carbocycles. The first-order valence-electron chi connectivity index (χ1n) is 5.74. The Hall–Kier alpha value is -1.59. The molecule has 4 nitrogen and oxygen atoms in total. The van der Waals surface area contributed by atoms with E-state index in [4.69, 9.17) is 0 Å². The number of aromatic nitrogens is 2. The van der Waals surface area contributed by atoms with Crippen LogP contribution in [0.5, 0.6) is 0 Å². The molecule has 2 N–H and O–H groups in total. The van der Waals surface area contributed by atoms with Gasteiger partial charge in [-0.05, 0) is 41.9 Å². The summed E-state index contributed by atoms with van der Waals surface area (Å²) in [5.41, 5.74) is 2.68. The second-order valence-electron chi connectivity index (χ2n) is 4.43. The van der Waals surface area contributed by atoms with Crippen LogP contribution in [0, 0.1) is 0 Å². The zero-order valence-electron chi connectivity index (χ0n) is 9.32. The van der Waals surface area contributed by atoms with Gasteiger partial charge < -0.3 is 14.6 Å². The van der Waals surface area contributed by atoms with E-state index in [0.29, 0.717) is 11.4 Å². The Morgan fingerprint density at radius 2 is 2.12 bits per heavy atom. The number of hydrogen-bond donors (Lipinski definition) is 2. The van der Waals surface area contributed by atoms with Crippen molar-refractivity contribution in [3.63, 3.8) is 0 Å². The number of rotatable bonds is 3. The molecular weight excluding hydrogens is 215 g/mol. The van der Waals surface area contributed by atoms with Crippen molar-refractivity contribution in [3.8, 4) is 5.69 Å². The molecule has 0 saturated heterocycles. The van der Waals surface area contributed by atoms with Crippen LogP contribution in [-0.2, 0) is 0 Å². The fraction of sp³-hybridized carbons (Fsp3) is 0.250. The van der Waals surface area contributed by atoms with Crippen LogP contribution >= 0.6 is 0 Å². The van der Waals surface area contributed by atoms with Crippen molar-refractivity contribution in [1.82, 2.24) is 9.55 Å². The minimum atomic E-state index is -1.39. The Balaban J connectivity index is 2.06. The second-order valence-corrected chi connectivity index (χ2v) is 4.43. The van der Waals surface area contributed by atoms with Crippen molar-refractivity contribution in [2.45, 2.75) is 18.8 Å². The highest BCUT2D eigenvalue weighted by Gasteiger charge is 2.29. The molecule has 1 saturated carbocycles. The molecular formula is C12H13BN2O2. The summed E-state index contributed by atoms with van der Waals surface area (Å²) < 4.78 is 1.92. The third-order valence-corrected chi connectivity index (χ3v) is 3.17. The van der Waals surface area contributed by atoms with Crippen LogP contribution in [0.4, 0.5) is 0 Å². The van der Waals surface area contributed by atoms with E-state index >= 15 is 0 Å². The lowest BCUT2D eigenvalue weighted by Gasteiger charge is -2.11. The van der Waals surface area contributed by atoms with Gasteiger partial charge in [0, 0.05) is 18.1 Å². The van der Waals surface area contributed by atoms with E-state index in [1.54, 1.807) is 18.6 Å². The summed E-state index contributed by atoms with van der Waals surface area (Å²) in [6.45, 7) is 0. The number of nitrogens with zero attached hydrogens (tertiary/aromatic N) is 2. The maximum atomic E-state index is 9.34. The van der Waals surface area contributed by atoms with Gasteiger partial charge in [-0.3, -0.25) is 0 Å². The topological polar surface area (TPSA) is 58.3 Å². The second kappa shape index (κ2) is 4.02. The lowest BCUT2D eigenvalue weighted by molar-refractivity contribution is 0.425. The molecule has 0 radical (unpaired) electrons. The van der Waals surface area contributed by atoms with Crippen LogP contribution in [-0.4, -0.2) is 26.7 Å². The first-order chi connectivity index (χ1) is 8.25. The molecule has 1 aliphatic rings. The van der Waals surface area contributed by atoms with Gasteiger partial charge in [0.15, 0.2) is 0 Å². The van der Waals surface area contributed by atoms with Crippen molar-refractivity contribution >= 4 is 12.6 Å². The van der Waals surface area contributed by atoms with E-state index in [2.05, 4.69) is 4.98 Å². The normalized spacial score (nSPS) is 14.9. The highest BCUT2D eigenvalue weighted by Crippen LogP contribution is 2.39. The Kier molecular flexibility index (Phi) is 2.50. The van der Waals surface area contributed by atoms with Crippen molar-refractivity contribution < 1.29 is 10.0 Å². The minimum Gasteiger partial charge on any atom is -0.423 e. The molecule has 0 amide bonds. The molecule has 3 rings (SSSR count). The number of hydrogen-bond acceptors (Lipinski definition) is 3. The highest BCUT2D eigenvalue weighted by atomic mass is 16.4. The predicted molar refractivity (Wildman–Crippen MR) is 65.4 cm³/mol. The number of imidazole rings is 1. The van der Waals surface area contributed by atoms with Gasteiger partial charge in [0.05, 0.1) is 6.33 Å². The molecule has 17 heavy (non-hydrogen) atoms. The van der Waals surface area contributed by atoms with Gasteiger partial charge in [-0.2, -0.15) is 0 Å². The summed E-state index contributed by atoms with van der Waals surface area (Å²) >= 11 is 0. The molecule has 1 heterocycles. The molecule has 5 heteroatoms. The van der Waals surface area contributed by atoms with E-state index in [1.807, 2.05) is 22.9 Å². The van der Waals surface area contributed by atoms with E-state index in [0.717, 1.165) is 24.1 Å². The van der Waals surface area contributed by atoms with E-state index < -0.39 is 7.12 Å². The lowest BCUT2D eigenvalue weighted by atomic mass is 9.75. The molecule has 1 fully saturated rings. The molecule has 86 valence electrons. The lowest BCUT2D eigenvalue weighted by Crippen LogP contribution is -2.33. The fourth-order valence-corrected chi connectivity index (χ4v) is 2.12. The van der Waals surface area contributed by atoms with Gasteiger partial charge in [0.2, 0.25) is 0 Å². The van der Waals surface area contributed by atoms with E-state index in [1.165, 1.54) is 0 Å². The first-order valence-corrected chi connectivity index (χ1v) is 5.74. The molecule has 0 bridgehead atoms. The fourth-order valence-electron chi connectivity index (χ4n) is 2.12. The molecule has 0 spiro atoms. The van der Waals surface area contributed by atoms with Gasteiger partial charge in [0.25, 0.3) is 0 Å². The largest absolute Gasteiger partial charge is 0.488 e. The summed E-state index contributed by atoms with van der Waals surface area (Å²) in [6.07, 6.45) is 7.61. The average molecular weight is 228 g/mol. The summed E-state index contributed by atoms with van der Waals surface area (Å²) in [7, 11) is -1.39. The van der Waals surface area contributed by atoms with Crippen LogP contribution in [0.3, 0.4) is 0 Å². The monoisotopic (exact) mass is 228 g/mol. The zero-order valence-corrected chi connectivity index (χ0v) is 9.32. The minimum absolute atomic E-state index is 0.482. The van der Waals surface area contributed by atoms with E-state index in [-0.39, 0.29) is 0 Å².